The van der Waals surface area contributed by atoms with Gasteiger partial charge >= 0.3 is 5.97 Å². The van der Waals surface area contributed by atoms with Gasteiger partial charge in [-0.2, -0.15) is 0 Å². The molecule has 48 atom stereocenters. The summed E-state index contributed by atoms with van der Waals surface area (Å²) in [4.78, 5) is 15.5. The smallest absolute Gasteiger partial charge is 0.317 e. The fraction of sp³-hybridized carbons (Fsp3) is 0.961. The lowest BCUT2D eigenvalue weighted by Gasteiger charge is -2.72. The minimum absolute atomic E-state index is 0.0760. The van der Waals surface area contributed by atoms with Crippen LogP contribution in [-0.2, 0) is 80.6 Å². The number of hydrogen-bond donors (Lipinski definition) is 24. The second kappa shape index (κ2) is 35.7. The van der Waals surface area contributed by atoms with E-state index in [1.165, 1.54) is 13.8 Å². The van der Waals surface area contributed by atoms with E-state index >= 15 is 4.79 Å². The topological polar surface area (TPSA) is 650 Å². The number of allylic oxidation sites excluding steroid dienone is 2. The van der Waals surface area contributed by atoms with E-state index in [1.807, 2.05) is 0 Å². The van der Waals surface area contributed by atoms with Crippen LogP contribution in [0.3, 0.4) is 0 Å². The van der Waals surface area contributed by atoms with Crippen molar-refractivity contribution in [2.24, 2.45) is 50.2 Å². The Hall–Kier alpha value is -2.35. The Balaban J connectivity index is 0.711. The highest BCUT2D eigenvalue weighted by atomic mass is 16.8. The maximum absolute atomic E-state index is 15.5. The van der Waals surface area contributed by atoms with Gasteiger partial charge in [0.05, 0.1) is 64.1 Å². The van der Waals surface area contributed by atoms with Crippen molar-refractivity contribution in [3.8, 4) is 0 Å². The highest BCUT2D eigenvalue weighted by molar-refractivity contribution is 5.80. The number of aliphatic hydroxyl groups is 24. The first-order valence-corrected chi connectivity index (χ1v) is 41.1. The summed E-state index contributed by atoms with van der Waals surface area (Å²) in [6, 6.07) is 0. The summed E-state index contributed by atoms with van der Waals surface area (Å²) < 4.78 is 96.2. The Morgan fingerprint density at radius 1 is 0.390 bits per heavy atom. The largest absolute Gasteiger partial charge is 0.432 e. The molecule has 680 valence electrons. The molecule has 41 nitrogen and oxygen atoms in total. The molecule has 8 heterocycles. The van der Waals surface area contributed by atoms with Crippen molar-refractivity contribution in [1.29, 1.82) is 0 Å². The molecule has 12 fully saturated rings. The van der Waals surface area contributed by atoms with E-state index in [0.29, 0.717) is 44.9 Å². The van der Waals surface area contributed by atoms with Gasteiger partial charge in [-0.25, -0.2) is 0 Å². The predicted octanol–water partition coefficient (Wildman–Crippen LogP) is -9.07. The van der Waals surface area contributed by atoms with Crippen molar-refractivity contribution in [3.63, 3.8) is 0 Å². The molecule has 0 bridgehead atoms. The maximum Gasteiger partial charge on any atom is 0.317 e. The molecule has 0 unspecified atom stereocenters. The Morgan fingerprint density at radius 2 is 0.831 bits per heavy atom. The number of hydrogen-bond acceptors (Lipinski definition) is 41. The Morgan fingerprint density at radius 3 is 1.38 bits per heavy atom. The molecular weight excluding hydrogens is 1580 g/mol. The van der Waals surface area contributed by atoms with Crippen LogP contribution in [-0.4, -0.2) is 420 Å². The minimum atomic E-state index is -2.20. The summed E-state index contributed by atoms with van der Waals surface area (Å²) in [5, 5.41) is 267. The summed E-state index contributed by atoms with van der Waals surface area (Å²) in [6.07, 6.45) is -66.5. The standard InChI is InChI=1S/C77H126O41/c1-26-40(85)45(90)51(96)64(104-26)112-57-33(22-80)108-66(53(98)47(57)92)113-58-35(24-82)110-68(55(100)49(58)94)118-71(102)77-17-16-72(3,4)18-29(77)28-10-11-37-74(7)14-13-39(73(5,6)36(74)12-15-75(37,8)76(28,9)19-38(77)84)111-70-62(117-65-52(97)46(91)43(88)31(20-78)106-65)61(41(86)27(2)105-70)116-67-54(99)48(93)59(34(23-81)109-67)114-69-56(101)60(44(89)32(21-79)107-69)115-63-50(95)42(87)30(83)25-103-63/h10,26-27,29-70,78-101H,11-25H2,1-9H3/t26-,27-,29-,30+,31+,32+,33+,34+,35+,36-,37+,38+,39-,40-,41-,42-,43+,44-,45+,46-,47+,48+,49+,50+,51+,52+,53+,54+,55+,56+,57+,58+,59+,60-,61+,62+,63-,64-,65-,66-,67-,68-,69-,70-,74-,75+,76+,77+/m0/s1. The maximum atomic E-state index is 15.5. The molecule has 118 heavy (non-hydrogen) atoms. The molecule has 8 aliphatic heterocycles. The molecule has 24 N–H and O–H groups in total. The van der Waals surface area contributed by atoms with E-state index in [0.717, 1.165) is 5.57 Å². The van der Waals surface area contributed by atoms with Gasteiger partial charge in [-0.1, -0.05) is 60.1 Å². The Bertz CT molecular complexity index is 3380. The number of carbonyl (C=O) groups is 1. The normalized spacial score (nSPS) is 54.8. The number of rotatable bonds is 21. The van der Waals surface area contributed by atoms with Gasteiger partial charge in [-0.05, 0) is 116 Å². The third-order valence-corrected chi connectivity index (χ3v) is 29.4. The zero-order valence-electron chi connectivity index (χ0n) is 67.3. The monoisotopic (exact) mass is 1710 g/mol. The van der Waals surface area contributed by atoms with Gasteiger partial charge in [0.2, 0.25) is 6.29 Å². The van der Waals surface area contributed by atoms with Crippen LogP contribution in [0.5, 0.6) is 0 Å². The lowest BCUT2D eigenvalue weighted by atomic mass is 9.33. The van der Waals surface area contributed by atoms with Crippen molar-refractivity contribution >= 4 is 5.97 Å². The van der Waals surface area contributed by atoms with Crippen molar-refractivity contribution < 1.29 is 203 Å². The minimum Gasteiger partial charge on any atom is -0.432 e. The lowest BCUT2D eigenvalue weighted by molar-refractivity contribution is -0.404. The molecular formula is C77H126O41. The highest BCUT2D eigenvalue weighted by Crippen LogP contribution is 2.76. The second-order valence-electron chi connectivity index (χ2n) is 37.1. The third-order valence-electron chi connectivity index (χ3n) is 29.4. The first kappa shape index (κ1) is 93.3. The van der Waals surface area contributed by atoms with E-state index in [9.17, 15) is 123 Å². The number of fused-ring (bicyclic) bond motifs is 7. The van der Waals surface area contributed by atoms with E-state index in [-0.39, 0.29) is 30.1 Å². The van der Waals surface area contributed by atoms with Crippen LogP contribution in [0.15, 0.2) is 11.6 Å². The highest BCUT2D eigenvalue weighted by Gasteiger charge is 2.73. The van der Waals surface area contributed by atoms with E-state index in [1.54, 1.807) is 0 Å². The lowest BCUT2D eigenvalue weighted by Crippen LogP contribution is -2.69. The van der Waals surface area contributed by atoms with Crippen molar-refractivity contribution in [3.05, 3.63) is 11.6 Å². The molecule has 13 aliphatic rings. The third kappa shape index (κ3) is 16.3. The number of ether oxygens (including phenoxy) is 16. The molecule has 0 aromatic rings. The molecule has 41 heteroatoms. The number of carbonyl (C=O) groups excluding carboxylic acids is 1. The van der Waals surface area contributed by atoms with E-state index < -0.39 is 330 Å². The van der Waals surface area contributed by atoms with Crippen molar-refractivity contribution in [2.45, 2.75) is 372 Å². The van der Waals surface area contributed by atoms with Crippen LogP contribution in [0, 0.1) is 50.2 Å². The summed E-state index contributed by atoms with van der Waals surface area (Å²) in [5.74, 6) is -1.78. The first-order chi connectivity index (χ1) is 55.4. The molecule has 0 aromatic carbocycles. The van der Waals surface area contributed by atoms with Crippen LogP contribution in [0.2, 0.25) is 0 Å². The van der Waals surface area contributed by atoms with Crippen LogP contribution < -0.4 is 0 Å². The van der Waals surface area contributed by atoms with Gasteiger partial charge in [0.25, 0.3) is 0 Å². The van der Waals surface area contributed by atoms with Crippen molar-refractivity contribution in [2.75, 3.05) is 39.6 Å². The van der Waals surface area contributed by atoms with Crippen LogP contribution in [0.4, 0.5) is 0 Å². The van der Waals surface area contributed by atoms with Crippen LogP contribution in [0.25, 0.3) is 0 Å². The van der Waals surface area contributed by atoms with Gasteiger partial charge in [-0.3, -0.25) is 4.79 Å². The Kier molecular flexibility index (Phi) is 28.2. The molecule has 4 saturated carbocycles. The predicted molar refractivity (Wildman–Crippen MR) is 386 cm³/mol. The van der Waals surface area contributed by atoms with Crippen LogP contribution >= 0.6 is 0 Å². The number of esters is 1. The molecule has 0 spiro atoms. The molecule has 8 saturated heterocycles. The molecule has 0 amide bonds. The van der Waals surface area contributed by atoms with Gasteiger partial charge in [-0.15, -0.1) is 0 Å². The van der Waals surface area contributed by atoms with Crippen LogP contribution in [0.1, 0.15) is 120 Å². The zero-order valence-corrected chi connectivity index (χ0v) is 67.3. The molecule has 0 radical (unpaired) electrons. The average Bonchev–Trinajstić information content (AvgIpc) is 0.669. The quantitative estimate of drug-likeness (QED) is 0.0288. The molecule has 0 aromatic heterocycles. The first-order valence-electron chi connectivity index (χ1n) is 41.1. The fourth-order valence-electron chi connectivity index (χ4n) is 22.1. The van der Waals surface area contributed by atoms with Gasteiger partial charge < -0.3 is 198 Å². The van der Waals surface area contributed by atoms with Gasteiger partial charge in [0, 0.05) is 0 Å². The summed E-state index contributed by atoms with van der Waals surface area (Å²) in [6.45, 7) is 12.6. The summed E-state index contributed by atoms with van der Waals surface area (Å²) >= 11 is 0. The number of aliphatic hydroxyl groups excluding tert-OH is 24. The SMILES string of the molecule is C[C@@H]1O[C@@H](O[C@H]2[C@H](O)[C@@H](O)[C@H](O[C@H]3[C@H](O)[C@@H](O)[C@H](OC(=O)[C@]45CCC(C)(C)C[C@H]4C4=CC[C@@H]6[C@@]7(C)CC[C@H](O[C@@H]8O[C@@H](C)[C@H](O)[C@@H](O[C@@H]9O[C@H](CO)[C@@H](O[C@@H]%10O[C@H](CO)[C@H](O)[C@H](O[C@@H]%11OC[C@@H](O)[C@H](O)[C@H]%11O)[C@H]%10O)[C@H](O)[C@H]9O)[C@H]8O[C@@H]8O[C@H](CO)[C@@H](O)[C@H](O)[C@H]8O)C(C)(C)[C@@H]7CC[C@@]6(C)[C@]4(C)C[C@H]5O)O[C@@H]3CO)O[C@@H]2CO)[C@H](O)[C@H](O)[C@H]1O. The van der Waals surface area contributed by atoms with E-state index in [4.69, 9.17) is 75.8 Å². The molecule has 13 rings (SSSR count). The summed E-state index contributed by atoms with van der Waals surface area (Å²) in [7, 11) is 0. The van der Waals surface area contributed by atoms with Gasteiger partial charge in [0.1, 0.15) is 182 Å². The average molecular weight is 1710 g/mol. The van der Waals surface area contributed by atoms with Crippen molar-refractivity contribution in [1.82, 2.24) is 0 Å². The van der Waals surface area contributed by atoms with E-state index in [2.05, 4.69) is 54.5 Å². The Labute approximate surface area is 680 Å². The van der Waals surface area contributed by atoms with Gasteiger partial charge in [0.15, 0.2) is 44.0 Å². The summed E-state index contributed by atoms with van der Waals surface area (Å²) in [5.41, 5.74) is -3.65. The fourth-order valence-corrected chi connectivity index (χ4v) is 22.1. The zero-order chi connectivity index (χ0) is 86.2. The second-order valence-corrected chi connectivity index (χ2v) is 37.1. The molecule has 5 aliphatic carbocycles.